The maximum absolute atomic E-state index is 11.8. The number of thioether (sulfide) groups is 1. The fraction of sp³-hybridized carbons (Fsp3) is 0.312. The first-order valence-corrected chi connectivity index (χ1v) is 17.6. The summed E-state index contributed by atoms with van der Waals surface area (Å²) < 4.78 is 1.86. The lowest BCUT2D eigenvalue weighted by molar-refractivity contribution is -0.133. The van der Waals surface area contributed by atoms with Crippen LogP contribution >= 0.6 is 23.1 Å². The summed E-state index contributed by atoms with van der Waals surface area (Å²) in [6, 6.07) is 2.25. The second-order valence-corrected chi connectivity index (χ2v) is 15.1. The minimum absolute atomic E-state index is 0.0294. The second kappa shape index (κ2) is 17.0. The summed E-state index contributed by atoms with van der Waals surface area (Å²) in [6.45, 7) is 13.3. The Morgan fingerprint density at radius 1 is 1.00 bits per heavy atom. The van der Waals surface area contributed by atoms with Crippen molar-refractivity contribution in [1.29, 1.82) is 0 Å². The molecule has 1 aromatic carbocycles. The van der Waals surface area contributed by atoms with Crippen LogP contribution in [0.15, 0.2) is 57.1 Å². The average molecular weight is 781 g/mol. The fourth-order valence-electron chi connectivity index (χ4n) is 4.35. The van der Waals surface area contributed by atoms with Crippen LogP contribution in [0.3, 0.4) is 0 Å². The van der Waals surface area contributed by atoms with Gasteiger partial charge in [0.15, 0.2) is 15.8 Å². The molecule has 4 aromatic rings. The van der Waals surface area contributed by atoms with Gasteiger partial charge in [-0.1, -0.05) is 70.4 Å². The molecule has 0 fully saturated rings. The SMILES string of the molecule is C=C(CC(/C=C/C(=O)O)Nc1nc(Nc2cc(C(=O)O)cc(C(=O)O)c2)nc(-n2nc(C(C)(C)C)c(N=Nc3nnc(SCC(C)C)s3)c2N)n1)C(=O)O. The molecule has 3 aromatic heterocycles. The molecule has 284 valence electrons. The van der Waals surface area contributed by atoms with Crippen molar-refractivity contribution in [3.63, 3.8) is 0 Å². The Bertz CT molecular complexity index is 2120. The molecule has 20 nitrogen and oxygen atoms in total. The lowest BCUT2D eigenvalue weighted by atomic mass is 9.91. The third kappa shape index (κ3) is 10.9. The summed E-state index contributed by atoms with van der Waals surface area (Å²) in [5.74, 6) is -4.95. The highest BCUT2D eigenvalue weighted by Gasteiger charge is 2.28. The van der Waals surface area contributed by atoms with E-state index < -0.39 is 35.3 Å². The largest absolute Gasteiger partial charge is 0.478 e. The van der Waals surface area contributed by atoms with Crippen molar-refractivity contribution < 1.29 is 39.6 Å². The first-order valence-electron chi connectivity index (χ1n) is 15.8. The van der Waals surface area contributed by atoms with Crippen LogP contribution in [0.1, 0.15) is 67.4 Å². The number of aromatic nitrogens is 7. The number of aliphatic carboxylic acids is 2. The van der Waals surface area contributed by atoms with Gasteiger partial charge in [0.05, 0.1) is 22.9 Å². The van der Waals surface area contributed by atoms with E-state index in [4.69, 9.17) is 5.73 Å². The van der Waals surface area contributed by atoms with Gasteiger partial charge in [0.25, 0.3) is 11.1 Å². The standard InChI is InChI=1S/C32H36N12O8S2/c1-14(2)13-53-31-42-41-30(54-31)40-39-21-22(32(4,5)6)43-44(23(21)33)29-37-27(34-18(7-8-20(45)46)9-15(3)24(47)48)36-28(38-29)35-19-11-16(25(49)50)10-17(12-19)26(51)52/h7-8,10-12,14,18H,3,9,13,33H2,1-2,4-6H3,(H,45,46)(H,47,48)(H,49,50)(H,51,52)(H2,34,35,36,37,38)/b8-7+,40-39?. The van der Waals surface area contributed by atoms with Crippen molar-refractivity contribution in [2.75, 3.05) is 22.1 Å². The van der Waals surface area contributed by atoms with Crippen molar-refractivity contribution >= 4 is 81.2 Å². The normalized spacial score (nSPS) is 12.3. The number of nitrogen functional groups attached to an aromatic ring is 1. The zero-order valence-electron chi connectivity index (χ0n) is 29.5. The van der Waals surface area contributed by atoms with Crippen LogP contribution in [0.4, 0.5) is 34.2 Å². The molecule has 0 saturated heterocycles. The first kappa shape index (κ1) is 40.5. The number of aromatic carboxylic acids is 2. The van der Waals surface area contributed by atoms with Crippen LogP contribution in [0, 0.1) is 5.92 Å². The number of carboxylic acids is 4. The van der Waals surface area contributed by atoms with E-state index in [1.54, 1.807) is 11.8 Å². The van der Waals surface area contributed by atoms with Crippen molar-refractivity contribution in [2.24, 2.45) is 16.1 Å². The molecule has 0 spiro atoms. The molecule has 1 atom stereocenters. The third-order valence-electron chi connectivity index (χ3n) is 6.83. The van der Waals surface area contributed by atoms with Crippen LogP contribution < -0.4 is 16.4 Å². The summed E-state index contributed by atoms with van der Waals surface area (Å²) in [5, 5.41) is 65.3. The molecule has 3 heterocycles. The van der Waals surface area contributed by atoms with E-state index in [2.05, 4.69) is 71.5 Å². The number of carbonyl (C=O) groups is 4. The van der Waals surface area contributed by atoms with Crippen molar-refractivity contribution in [2.45, 2.75) is 56.8 Å². The molecular formula is C32H36N12O8S2. The summed E-state index contributed by atoms with van der Waals surface area (Å²) in [6.07, 6.45) is 1.68. The van der Waals surface area contributed by atoms with E-state index in [1.165, 1.54) is 17.4 Å². The van der Waals surface area contributed by atoms with E-state index in [-0.39, 0.29) is 63.3 Å². The van der Waals surface area contributed by atoms with E-state index >= 15 is 0 Å². The van der Waals surface area contributed by atoms with Crippen LogP contribution in [0.2, 0.25) is 0 Å². The van der Waals surface area contributed by atoms with Gasteiger partial charge >= 0.3 is 23.9 Å². The maximum atomic E-state index is 11.8. The molecule has 0 saturated carbocycles. The van der Waals surface area contributed by atoms with Gasteiger partial charge in [0.1, 0.15) is 0 Å². The molecular weight excluding hydrogens is 745 g/mol. The third-order valence-corrected chi connectivity index (χ3v) is 9.20. The van der Waals surface area contributed by atoms with Gasteiger partial charge in [-0.3, -0.25) is 0 Å². The Kier molecular flexibility index (Phi) is 12.8. The lowest BCUT2D eigenvalue weighted by Gasteiger charge is -2.17. The fourth-order valence-corrected chi connectivity index (χ4v) is 5.99. The number of nitrogens with zero attached hydrogens (tertiary/aromatic N) is 9. The zero-order valence-corrected chi connectivity index (χ0v) is 31.1. The Hall–Kier alpha value is -6.29. The van der Waals surface area contributed by atoms with E-state index in [1.807, 2.05) is 20.8 Å². The van der Waals surface area contributed by atoms with Crippen molar-refractivity contribution in [1.82, 2.24) is 34.9 Å². The Labute approximate surface area is 315 Å². The molecule has 0 aliphatic rings. The molecule has 54 heavy (non-hydrogen) atoms. The van der Waals surface area contributed by atoms with E-state index in [0.717, 1.165) is 39.0 Å². The smallest absolute Gasteiger partial charge is 0.335 e. The molecule has 22 heteroatoms. The van der Waals surface area contributed by atoms with Gasteiger partial charge in [-0.25, -0.2) is 19.2 Å². The van der Waals surface area contributed by atoms with Gasteiger partial charge in [0, 0.05) is 34.9 Å². The van der Waals surface area contributed by atoms with Crippen LogP contribution in [0.25, 0.3) is 5.95 Å². The molecule has 0 bridgehead atoms. The highest BCUT2D eigenvalue weighted by molar-refractivity contribution is 8.01. The first-order chi connectivity index (χ1) is 25.3. The minimum Gasteiger partial charge on any atom is -0.478 e. The number of nitrogens with two attached hydrogens (primary N) is 1. The molecule has 8 N–H and O–H groups in total. The maximum Gasteiger partial charge on any atom is 0.335 e. The highest BCUT2D eigenvalue weighted by atomic mass is 32.2. The van der Waals surface area contributed by atoms with Crippen molar-refractivity contribution in [3.8, 4) is 5.95 Å². The quantitative estimate of drug-likeness (QED) is 0.0392. The second-order valence-electron chi connectivity index (χ2n) is 12.9. The topological polar surface area (TPSA) is 306 Å². The lowest BCUT2D eigenvalue weighted by Crippen LogP contribution is -2.23. The molecule has 0 aliphatic heterocycles. The number of carboxylic acid groups (broad SMARTS) is 4. The molecule has 0 radical (unpaired) electrons. The van der Waals surface area contributed by atoms with Gasteiger partial charge in [-0.2, -0.15) is 24.7 Å². The summed E-state index contributed by atoms with van der Waals surface area (Å²) in [7, 11) is 0. The molecule has 1 unspecified atom stereocenters. The molecule has 4 rings (SSSR count). The number of anilines is 4. The van der Waals surface area contributed by atoms with Crippen LogP contribution in [-0.2, 0) is 15.0 Å². The minimum atomic E-state index is -1.40. The van der Waals surface area contributed by atoms with Gasteiger partial charge in [-0.05, 0) is 24.1 Å². The number of nitrogens with one attached hydrogen (secondary N) is 2. The Morgan fingerprint density at radius 3 is 2.22 bits per heavy atom. The van der Waals surface area contributed by atoms with E-state index in [9.17, 15) is 39.6 Å². The number of hydrogen-bond donors (Lipinski definition) is 7. The van der Waals surface area contributed by atoms with Gasteiger partial charge < -0.3 is 36.8 Å². The average Bonchev–Trinajstić information content (AvgIpc) is 3.68. The predicted molar refractivity (Wildman–Crippen MR) is 199 cm³/mol. The number of benzene rings is 1. The van der Waals surface area contributed by atoms with Gasteiger partial charge in [0.2, 0.25) is 11.9 Å². The van der Waals surface area contributed by atoms with E-state index in [0.29, 0.717) is 11.6 Å². The molecule has 0 aliphatic carbocycles. The van der Waals surface area contributed by atoms with Crippen LogP contribution in [0.5, 0.6) is 0 Å². The number of azo groups is 1. The monoisotopic (exact) mass is 780 g/mol. The Balaban J connectivity index is 1.86. The van der Waals surface area contributed by atoms with Crippen LogP contribution in [-0.4, -0.2) is 91.0 Å². The Morgan fingerprint density at radius 2 is 1.65 bits per heavy atom. The molecule has 0 amide bonds. The summed E-state index contributed by atoms with van der Waals surface area (Å²) >= 11 is 2.79. The number of hydrogen-bond acceptors (Lipinski definition) is 17. The number of rotatable bonds is 17. The van der Waals surface area contributed by atoms with Crippen molar-refractivity contribution in [3.05, 3.63) is 59.3 Å². The summed E-state index contributed by atoms with van der Waals surface area (Å²) in [4.78, 5) is 59.6. The highest BCUT2D eigenvalue weighted by Crippen LogP contribution is 2.38. The summed E-state index contributed by atoms with van der Waals surface area (Å²) in [5.41, 5.74) is 5.51. The predicted octanol–water partition coefficient (Wildman–Crippen LogP) is 5.54. The van der Waals surface area contributed by atoms with Gasteiger partial charge in [-0.15, -0.1) is 20.4 Å². The zero-order chi connectivity index (χ0) is 39.9.